The van der Waals surface area contributed by atoms with E-state index in [1.165, 1.54) is 5.56 Å². The van der Waals surface area contributed by atoms with Gasteiger partial charge in [0.25, 0.3) is 0 Å². The Morgan fingerprint density at radius 2 is 1.53 bits per heavy atom. The summed E-state index contributed by atoms with van der Waals surface area (Å²) < 4.78 is 0. The van der Waals surface area contributed by atoms with Crippen molar-refractivity contribution in [1.29, 1.82) is 0 Å². The quantitative estimate of drug-likeness (QED) is 0.260. The molecule has 0 atom stereocenters. The Bertz CT molecular complexity index is 1190. The van der Waals surface area contributed by atoms with Crippen molar-refractivity contribution in [1.82, 2.24) is 19.9 Å². The summed E-state index contributed by atoms with van der Waals surface area (Å²) in [7, 11) is 0. The van der Waals surface area contributed by atoms with E-state index in [1.54, 1.807) is 0 Å². The maximum absolute atomic E-state index is 6.18. The zero-order valence-corrected chi connectivity index (χ0v) is 17.4. The molecule has 2 heterocycles. The molecule has 8 nitrogen and oxygen atoms in total. The topological polar surface area (TPSA) is 128 Å². The number of rotatable bonds is 7. The second kappa shape index (κ2) is 8.54. The summed E-state index contributed by atoms with van der Waals surface area (Å²) >= 11 is 6.18. The number of fused-ring (bicyclic) bond motifs is 2. The highest BCUT2D eigenvalue weighted by Gasteiger charge is 2.10. The molecule has 0 amide bonds. The molecule has 2 aromatic carbocycles. The van der Waals surface area contributed by atoms with Crippen LogP contribution in [0.3, 0.4) is 0 Å². The van der Waals surface area contributed by atoms with Gasteiger partial charge in [0, 0.05) is 28.9 Å². The van der Waals surface area contributed by atoms with Gasteiger partial charge in [0.15, 0.2) is 0 Å². The number of aryl methyl sites for hydroxylation is 1. The van der Waals surface area contributed by atoms with Crippen molar-refractivity contribution in [2.45, 2.75) is 19.8 Å². The molecule has 9 heteroatoms. The first-order valence-electron chi connectivity index (χ1n) is 9.74. The Balaban J connectivity index is 1.44. The number of nitrogens with one attached hydrogen (secondary N) is 2. The Hall–Kier alpha value is -3.39. The second-order valence-corrected chi connectivity index (χ2v) is 7.54. The molecule has 154 valence electrons. The van der Waals surface area contributed by atoms with Crippen molar-refractivity contribution in [2.24, 2.45) is 0 Å². The van der Waals surface area contributed by atoms with Crippen LogP contribution in [-0.4, -0.2) is 33.0 Å². The number of aromatic nitrogens is 4. The summed E-state index contributed by atoms with van der Waals surface area (Å²) in [5, 5.41) is 9.58. The van der Waals surface area contributed by atoms with Crippen LogP contribution in [0.5, 0.6) is 0 Å². The molecular formula is C21H23ClN8. The summed E-state index contributed by atoms with van der Waals surface area (Å²) in [5.41, 5.74) is 15.3. The number of unbranched alkanes of at least 4 members (excludes halogenated alkanes) is 1. The number of hydrogen-bond donors (Lipinski definition) is 4. The molecule has 0 bridgehead atoms. The molecule has 0 saturated carbocycles. The SMILES string of the molecule is Cc1ccc2nc3cc(Cl)ccc3c(NCCCCNc3nc(N)nc(N)n3)c2c1. The second-order valence-electron chi connectivity index (χ2n) is 7.10. The summed E-state index contributed by atoms with van der Waals surface area (Å²) in [6, 6.07) is 12.1. The van der Waals surface area contributed by atoms with Gasteiger partial charge in [0.1, 0.15) is 0 Å². The number of nitrogen functional groups attached to an aromatic ring is 2. The van der Waals surface area contributed by atoms with Crippen LogP contribution in [0.25, 0.3) is 21.8 Å². The van der Waals surface area contributed by atoms with E-state index in [4.69, 9.17) is 28.1 Å². The average molecular weight is 423 g/mol. The van der Waals surface area contributed by atoms with E-state index in [0.717, 1.165) is 46.9 Å². The van der Waals surface area contributed by atoms with Gasteiger partial charge in [-0.15, -0.1) is 0 Å². The summed E-state index contributed by atoms with van der Waals surface area (Å²) in [5.74, 6) is 0.614. The number of halogens is 1. The average Bonchev–Trinajstić information content (AvgIpc) is 2.69. The summed E-state index contributed by atoms with van der Waals surface area (Å²) in [4.78, 5) is 16.6. The van der Waals surface area contributed by atoms with E-state index >= 15 is 0 Å². The van der Waals surface area contributed by atoms with Crippen molar-refractivity contribution in [3.63, 3.8) is 0 Å². The van der Waals surface area contributed by atoms with Gasteiger partial charge < -0.3 is 22.1 Å². The predicted molar refractivity (Wildman–Crippen MR) is 124 cm³/mol. The zero-order chi connectivity index (χ0) is 21.1. The lowest BCUT2D eigenvalue weighted by Gasteiger charge is -2.14. The number of nitrogens with two attached hydrogens (primary N) is 2. The maximum atomic E-state index is 6.18. The monoisotopic (exact) mass is 422 g/mol. The molecule has 2 aromatic heterocycles. The van der Waals surface area contributed by atoms with Crippen molar-refractivity contribution >= 4 is 56.9 Å². The van der Waals surface area contributed by atoms with Gasteiger partial charge >= 0.3 is 0 Å². The highest BCUT2D eigenvalue weighted by molar-refractivity contribution is 6.31. The van der Waals surface area contributed by atoms with Gasteiger partial charge in [0.2, 0.25) is 17.8 Å². The fourth-order valence-electron chi connectivity index (χ4n) is 3.37. The third-order valence-corrected chi connectivity index (χ3v) is 4.98. The van der Waals surface area contributed by atoms with E-state index in [1.807, 2.05) is 24.3 Å². The van der Waals surface area contributed by atoms with Crippen LogP contribution in [0.4, 0.5) is 23.5 Å². The van der Waals surface area contributed by atoms with E-state index in [2.05, 4.69) is 44.6 Å². The fraction of sp³-hybridized carbons (Fsp3) is 0.238. The van der Waals surface area contributed by atoms with Crippen molar-refractivity contribution in [3.8, 4) is 0 Å². The van der Waals surface area contributed by atoms with Gasteiger partial charge in [-0.1, -0.05) is 23.2 Å². The molecule has 0 spiro atoms. The molecule has 0 aliphatic carbocycles. The van der Waals surface area contributed by atoms with E-state index < -0.39 is 0 Å². The largest absolute Gasteiger partial charge is 0.384 e. The number of benzene rings is 2. The lowest BCUT2D eigenvalue weighted by Crippen LogP contribution is -2.11. The van der Waals surface area contributed by atoms with Gasteiger partial charge in [-0.2, -0.15) is 15.0 Å². The van der Waals surface area contributed by atoms with Crippen LogP contribution >= 0.6 is 11.6 Å². The first kappa shape index (κ1) is 19.9. The Labute approximate surface area is 179 Å². The van der Waals surface area contributed by atoms with Crippen LogP contribution in [0.1, 0.15) is 18.4 Å². The van der Waals surface area contributed by atoms with Crippen LogP contribution < -0.4 is 22.1 Å². The van der Waals surface area contributed by atoms with Gasteiger partial charge in [-0.3, -0.25) is 0 Å². The van der Waals surface area contributed by atoms with Gasteiger partial charge in [0.05, 0.1) is 16.7 Å². The van der Waals surface area contributed by atoms with Crippen molar-refractivity contribution in [2.75, 3.05) is 35.2 Å². The first-order valence-corrected chi connectivity index (χ1v) is 10.1. The molecule has 4 aromatic rings. The van der Waals surface area contributed by atoms with Gasteiger partial charge in [-0.05, 0) is 50.1 Å². The van der Waals surface area contributed by atoms with Crippen LogP contribution in [0, 0.1) is 6.92 Å². The highest BCUT2D eigenvalue weighted by Crippen LogP contribution is 2.32. The Kier molecular flexibility index (Phi) is 5.67. The minimum Gasteiger partial charge on any atom is -0.384 e. The molecule has 0 unspecified atom stereocenters. The molecule has 0 fully saturated rings. The van der Waals surface area contributed by atoms with Crippen LogP contribution in [-0.2, 0) is 0 Å². The zero-order valence-electron chi connectivity index (χ0n) is 16.6. The summed E-state index contributed by atoms with van der Waals surface area (Å²) in [6.45, 7) is 3.60. The fourth-order valence-corrected chi connectivity index (χ4v) is 3.54. The molecular weight excluding hydrogens is 400 g/mol. The maximum Gasteiger partial charge on any atom is 0.229 e. The van der Waals surface area contributed by atoms with E-state index in [9.17, 15) is 0 Å². The number of nitrogens with zero attached hydrogens (tertiary/aromatic N) is 4. The standard InChI is InChI=1S/C21H23ClN8/c1-12-4-7-16-15(10-12)18(14-6-5-13(22)11-17(14)27-16)25-8-2-3-9-26-21-29-19(23)28-20(24)30-21/h4-7,10-11H,2-3,8-9H2,1H3,(H,25,27)(H5,23,24,26,28,29,30). The molecule has 0 aliphatic rings. The number of anilines is 4. The molecule has 30 heavy (non-hydrogen) atoms. The lowest BCUT2D eigenvalue weighted by molar-refractivity contribution is 0.790. The molecule has 0 radical (unpaired) electrons. The third-order valence-electron chi connectivity index (χ3n) is 4.75. The third kappa shape index (κ3) is 4.44. The Morgan fingerprint density at radius 1 is 0.800 bits per heavy atom. The van der Waals surface area contributed by atoms with E-state index in [0.29, 0.717) is 17.5 Å². The molecule has 4 rings (SSSR count). The van der Waals surface area contributed by atoms with Gasteiger partial charge in [-0.25, -0.2) is 4.98 Å². The lowest BCUT2D eigenvalue weighted by atomic mass is 10.1. The van der Waals surface area contributed by atoms with E-state index in [-0.39, 0.29) is 11.9 Å². The highest BCUT2D eigenvalue weighted by atomic mass is 35.5. The van der Waals surface area contributed by atoms with Crippen LogP contribution in [0.15, 0.2) is 36.4 Å². The molecule has 0 saturated heterocycles. The van der Waals surface area contributed by atoms with Crippen molar-refractivity contribution in [3.05, 3.63) is 47.0 Å². The van der Waals surface area contributed by atoms with Crippen molar-refractivity contribution < 1.29 is 0 Å². The summed E-state index contributed by atoms with van der Waals surface area (Å²) in [6.07, 6.45) is 1.87. The first-order chi connectivity index (χ1) is 14.5. The Morgan fingerprint density at radius 3 is 2.30 bits per heavy atom. The van der Waals surface area contributed by atoms with Crippen LogP contribution in [0.2, 0.25) is 5.02 Å². The number of pyridine rings is 1. The smallest absolute Gasteiger partial charge is 0.229 e. The molecule has 0 aliphatic heterocycles. The minimum atomic E-state index is 0.110. The normalized spacial score (nSPS) is 11.1. The number of hydrogen-bond acceptors (Lipinski definition) is 8. The predicted octanol–water partition coefficient (Wildman–Crippen LogP) is 4.00. The molecule has 6 N–H and O–H groups in total. The minimum absolute atomic E-state index is 0.110.